The lowest BCUT2D eigenvalue weighted by molar-refractivity contribution is 0.841. The van der Waals surface area contributed by atoms with Crippen molar-refractivity contribution in [2.24, 2.45) is 4.99 Å². The molecule has 0 bridgehead atoms. The predicted molar refractivity (Wildman–Crippen MR) is 95.6 cm³/mol. The number of hydrogen-bond acceptors (Lipinski definition) is 3. The zero-order valence-electron chi connectivity index (χ0n) is 14.0. The molecule has 0 amide bonds. The predicted octanol–water partition coefficient (Wildman–Crippen LogP) is 3.73. The number of anilines is 2. The summed E-state index contributed by atoms with van der Waals surface area (Å²) in [5, 5.41) is 0. The highest BCUT2D eigenvalue weighted by atomic mass is 15.1. The summed E-state index contributed by atoms with van der Waals surface area (Å²) in [5.74, 6) is 0. The first-order valence-corrected chi connectivity index (χ1v) is 7.64. The van der Waals surface area contributed by atoms with Crippen LogP contribution in [0.1, 0.15) is 29.7 Å². The highest BCUT2D eigenvalue weighted by Crippen LogP contribution is 2.34. The molecule has 1 atom stereocenters. The number of nitrogens with zero attached hydrogens (tertiary/aromatic N) is 3. The standard InChI is InChI=1S/C19H23N3/c1-13-18-12-16(22(4)5)10-11-17(18)19(20-13)14-6-8-15(9-7-14)21(2)3/h6-13H,1-5H3/t13-/m1/s1. The van der Waals surface area contributed by atoms with Crippen molar-refractivity contribution in [2.75, 3.05) is 38.0 Å². The van der Waals surface area contributed by atoms with E-state index in [1.807, 2.05) is 0 Å². The minimum atomic E-state index is 0.221. The van der Waals surface area contributed by atoms with Crippen LogP contribution in [0.25, 0.3) is 0 Å². The van der Waals surface area contributed by atoms with Crippen LogP contribution in [0.3, 0.4) is 0 Å². The maximum Gasteiger partial charge on any atom is 0.0735 e. The van der Waals surface area contributed by atoms with Crippen molar-refractivity contribution in [3.63, 3.8) is 0 Å². The Hall–Kier alpha value is -2.29. The van der Waals surface area contributed by atoms with E-state index in [1.54, 1.807) is 0 Å². The van der Waals surface area contributed by atoms with E-state index in [0.29, 0.717) is 0 Å². The van der Waals surface area contributed by atoms with Crippen molar-refractivity contribution in [1.82, 2.24) is 0 Å². The first-order chi connectivity index (χ1) is 10.5. The molecule has 0 saturated carbocycles. The molecule has 22 heavy (non-hydrogen) atoms. The van der Waals surface area contributed by atoms with Gasteiger partial charge in [0, 0.05) is 50.7 Å². The van der Waals surface area contributed by atoms with Gasteiger partial charge in [-0.05, 0) is 36.8 Å². The highest BCUT2D eigenvalue weighted by Gasteiger charge is 2.23. The zero-order valence-corrected chi connectivity index (χ0v) is 14.0. The van der Waals surface area contributed by atoms with Gasteiger partial charge in [-0.1, -0.05) is 18.2 Å². The van der Waals surface area contributed by atoms with Gasteiger partial charge in [0.15, 0.2) is 0 Å². The van der Waals surface area contributed by atoms with Gasteiger partial charge in [-0.3, -0.25) is 4.99 Å². The van der Waals surface area contributed by atoms with Gasteiger partial charge in [0.25, 0.3) is 0 Å². The molecule has 2 aromatic rings. The smallest absolute Gasteiger partial charge is 0.0735 e. The van der Waals surface area contributed by atoms with Crippen molar-refractivity contribution in [1.29, 1.82) is 0 Å². The fourth-order valence-electron chi connectivity index (χ4n) is 2.87. The molecular formula is C19H23N3. The van der Waals surface area contributed by atoms with E-state index in [0.717, 1.165) is 5.71 Å². The summed E-state index contributed by atoms with van der Waals surface area (Å²) in [6.45, 7) is 2.17. The van der Waals surface area contributed by atoms with Crippen molar-refractivity contribution in [3.8, 4) is 0 Å². The second kappa shape index (κ2) is 5.48. The number of benzene rings is 2. The van der Waals surface area contributed by atoms with Crippen LogP contribution in [0.2, 0.25) is 0 Å². The SMILES string of the molecule is C[C@H]1N=C(c2ccc(N(C)C)cc2)c2ccc(N(C)C)cc21. The maximum atomic E-state index is 4.89. The molecule has 1 aliphatic heterocycles. The summed E-state index contributed by atoms with van der Waals surface area (Å²) in [6, 6.07) is 15.5. The second-order valence-electron chi connectivity index (χ2n) is 6.26. The fourth-order valence-corrected chi connectivity index (χ4v) is 2.87. The van der Waals surface area contributed by atoms with Gasteiger partial charge >= 0.3 is 0 Å². The van der Waals surface area contributed by atoms with Crippen LogP contribution in [0.4, 0.5) is 11.4 Å². The normalized spacial score (nSPS) is 16.2. The molecule has 0 radical (unpaired) electrons. The van der Waals surface area contributed by atoms with Gasteiger partial charge in [-0.25, -0.2) is 0 Å². The third-order valence-corrected chi connectivity index (χ3v) is 4.24. The molecule has 0 N–H and O–H groups in total. The largest absolute Gasteiger partial charge is 0.378 e. The summed E-state index contributed by atoms with van der Waals surface area (Å²) in [7, 11) is 8.26. The Morgan fingerprint density at radius 1 is 0.818 bits per heavy atom. The highest BCUT2D eigenvalue weighted by molar-refractivity contribution is 6.15. The average molecular weight is 293 g/mol. The van der Waals surface area contributed by atoms with Crippen LogP contribution < -0.4 is 9.80 Å². The summed E-state index contributed by atoms with van der Waals surface area (Å²) >= 11 is 0. The molecule has 3 nitrogen and oxygen atoms in total. The molecule has 0 spiro atoms. The van der Waals surface area contributed by atoms with E-state index < -0.39 is 0 Å². The molecule has 3 heteroatoms. The van der Waals surface area contributed by atoms with Crippen molar-refractivity contribution >= 4 is 17.1 Å². The maximum absolute atomic E-state index is 4.89. The van der Waals surface area contributed by atoms with Gasteiger partial charge in [0.1, 0.15) is 0 Å². The van der Waals surface area contributed by atoms with E-state index in [1.165, 1.54) is 28.1 Å². The number of rotatable bonds is 3. The van der Waals surface area contributed by atoms with Crippen LogP contribution in [0, 0.1) is 0 Å². The third kappa shape index (κ3) is 2.47. The zero-order chi connectivity index (χ0) is 15.9. The molecule has 1 aliphatic rings. The number of hydrogen-bond donors (Lipinski definition) is 0. The Labute approximate surface area is 132 Å². The van der Waals surface area contributed by atoms with Crippen LogP contribution in [-0.4, -0.2) is 33.9 Å². The van der Waals surface area contributed by atoms with Crippen LogP contribution in [0.15, 0.2) is 47.5 Å². The van der Waals surface area contributed by atoms with E-state index in [2.05, 4.69) is 87.4 Å². The lowest BCUT2D eigenvalue weighted by Gasteiger charge is -2.15. The lowest BCUT2D eigenvalue weighted by atomic mass is 9.97. The molecule has 114 valence electrons. The molecule has 0 fully saturated rings. The molecule has 3 rings (SSSR count). The van der Waals surface area contributed by atoms with Gasteiger partial charge in [0.2, 0.25) is 0 Å². The Kier molecular flexibility index (Phi) is 3.65. The summed E-state index contributed by atoms with van der Waals surface area (Å²) in [4.78, 5) is 9.13. The van der Waals surface area contributed by atoms with Crippen LogP contribution in [-0.2, 0) is 0 Å². The first-order valence-electron chi connectivity index (χ1n) is 7.64. The average Bonchev–Trinajstić information content (AvgIpc) is 2.84. The summed E-state index contributed by atoms with van der Waals surface area (Å²) in [6.07, 6.45) is 0. The fraction of sp³-hybridized carbons (Fsp3) is 0.316. The van der Waals surface area contributed by atoms with E-state index in [-0.39, 0.29) is 6.04 Å². The first kappa shape index (κ1) is 14.6. The molecule has 2 aromatic carbocycles. The number of fused-ring (bicyclic) bond motifs is 1. The number of aliphatic imine (C=N–C) groups is 1. The van der Waals surface area contributed by atoms with Crippen LogP contribution in [0.5, 0.6) is 0 Å². The second-order valence-corrected chi connectivity index (χ2v) is 6.26. The van der Waals surface area contributed by atoms with Gasteiger partial charge in [0.05, 0.1) is 11.8 Å². The minimum absolute atomic E-state index is 0.221. The van der Waals surface area contributed by atoms with Crippen molar-refractivity contribution < 1.29 is 0 Å². The van der Waals surface area contributed by atoms with E-state index in [9.17, 15) is 0 Å². The molecule has 0 saturated heterocycles. The van der Waals surface area contributed by atoms with E-state index >= 15 is 0 Å². The Morgan fingerprint density at radius 2 is 1.41 bits per heavy atom. The molecule has 0 aromatic heterocycles. The molecule has 1 heterocycles. The quantitative estimate of drug-likeness (QED) is 0.858. The topological polar surface area (TPSA) is 18.8 Å². The summed E-state index contributed by atoms with van der Waals surface area (Å²) in [5.41, 5.74) is 7.31. The van der Waals surface area contributed by atoms with Gasteiger partial charge in [-0.2, -0.15) is 0 Å². The van der Waals surface area contributed by atoms with Crippen molar-refractivity contribution in [2.45, 2.75) is 13.0 Å². The monoisotopic (exact) mass is 293 g/mol. The van der Waals surface area contributed by atoms with Crippen LogP contribution >= 0.6 is 0 Å². The van der Waals surface area contributed by atoms with Crippen molar-refractivity contribution in [3.05, 3.63) is 59.2 Å². The molecule has 0 unspecified atom stereocenters. The molecular weight excluding hydrogens is 270 g/mol. The minimum Gasteiger partial charge on any atom is -0.378 e. The van der Waals surface area contributed by atoms with Gasteiger partial charge in [-0.15, -0.1) is 0 Å². The Balaban J connectivity index is 1.99. The van der Waals surface area contributed by atoms with Gasteiger partial charge < -0.3 is 9.80 Å². The Bertz CT molecular complexity index is 712. The third-order valence-electron chi connectivity index (χ3n) is 4.24. The molecule has 0 aliphatic carbocycles. The summed E-state index contributed by atoms with van der Waals surface area (Å²) < 4.78 is 0. The Morgan fingerprint density at radius 3 is 2.00 bits per heavy atom. The lowest BCUT2D eigenvalue weighted by Crippen LogP contribution is -2.10. The van der Waals surface area contributed by atoms with E-state index in [4.69, 9.17) is 4.99 Å².